The number of fused-ring (bicyclic) bond motifs is 3. The van der Waals surface area contributed by atoms with Crippen molar-refractivity contribution in [2.45, 2.75) is 43.9 Å². The summed E-state index contributed by atoms with van der Waals surface area (Å²) in [4.78, 5) is 0. The molecule has 0 aliphatic heterocycles. The molecular weight excluding hydrogens is 280 g/mol. The van der Waals surface area contributed by atoms with Gasteiger partial charge in [0.25, 0.3) is 0 Å². The van der Waals surface area contributed by atoms with Crippen molar-refractivity contribution < 1.29 is 0 Å². The van der Waals surface area contributed by atoms with Crippen molar-refractivity contribution >= 4 is 0 Å². The second-order valence-corrected chi connectivity index (χ2v) is 6.66. The minimum Gasteiger partial charge on any atom is -0.330 e. The van der Waals surface area contributed by atoms with E-state index in [2.05, 4.69) is 48.5 Å². The Morgan fingerprint density at radius 2 is 1.04 bits per heavy atom. The van der Waals surface area contributed by atoms with Gasteiger partial charge in [-0.05, 0) is 61.0 Å². The van der Waals surface area contributed by atoms with Crippen molar-refractivity contribution in [1.29, 1.82) is 0 Å². The van der Waals surface area contributed by atoms with Gasteiger partial charge in [-0.2, -0.15) is 0 Å². The fraction of sp³-hybridized carbons (Fsp3) is 0.429. The monoisotopic (exact) mass is 308 g/mol. The highest BCUT2D eigenvalue weighted by molar-refractivity contribution is 5.80. The summed E-state index contributed by atoms with van der Waals surface area (Å²) in [6, 6.07) is 17.9. The predicted octanol–water partition coefficient (Wildman–Crippen LogP) is 4.21. The fourth-order valence-electron chi connectivity index (χ4n) is 4.22. The molecule has 0 spiro atoms. The van der Waals surface area contributed by atoms with Gasteiger partial charge in [0.2, 0.25) is 0 Å². The Bertz CT molecular complexity index is 590. The second kappa shape index (κ2) is 7.29. The van der Waals surface area contributed by atoms with Gasteiger partial charge >= 0.3 is 0 Å². The molecular formula is C21H28N2. The van der Waals surface area contributed by atoms with E-state index in [1.54, 1.807) is 0 Å². The average Bonchev–Trinajstić information content (AvgIpc) is 2.87. The highest BCUT2D eigenvalue weighted by Crippen LogP contribution is 2.53. The molecule has 2 nitrogen and oxygen atoms in total. The molecule has 0 fully saturated rings. The smallest absolute Gasteiger partial charge is 0.0215 e. The number of hydrogen-bond acceptors (Lipinski definition) is 2. The number of benzene rings is 2. The van der Waals surface area contributed by atoms with Gasteiger partial charge in [0.05, 0.1) is 0 Å². The third-order valence-electron chi connectivity index (χ3n) is 5.29. The number of unbranched alkanes of at least 4 members (excludes halogenated alkanes) is 2. The van der Waals surface area contributed by atoms with E-state index in [1.165, 1.54) is 47.9 Å². The van der Waals surface area contributed by atoms with Crippen LogP contribution in [0.15, 0.2) is 48.5 Å². The van der Waals surface area contributed by atoms with E-state index in [-0.39, 0.29) is 5.41 Å². The van der Waals surface area contributed by atoms with Crippen LogP contribution in [-0.4, -0.2) is 13.1 Å². The first-order chi connectivity index (χ1) is 11.3. The third-order valence-corrected chi connectivity index (χ3v) is 5.29. The Labute approximate surface area is 139 Å². The summed E-state index contributed by atoms with van der Waals surface area (Å²) in [6.45, 7) is 1.56. The molecule has 0 radical (unpaired) electrons. The Hall–Kier alpha value is -1.64. The topological polar surface area (TPSA) is 52.0 Å². The van der Waals surface area contributed by atoms with E-state index in [9.17, 15) is 0 Å². The Kier molecular flexibility index (Phi) is 5.14. The first-order valence-corrected chi connectivity index (χ1v) is 8.93. The standard InChI is InChI=1S/C21H28N2/c22-15-7-5-13-21(14-6-8-16-23)19-11-3-1-9-17(19)18-10-2-4-12-20(18)21/h1-4,9-12H,5-8,13-16,22-23H2. The van der Waals surface area contributed by atoms with Crippen LogP contribution in [0, 0.1) is 0 Å². The molecule has 1 aliphatic rings. The largest absolute Gasteiger partial charge is 0.330 e. The van der Waals surface area contributed by atoms with Crippen LogP contribution in [0.1, 0.15) is 49.7 Å². The molecule has 2 heteroatoms. The van der Waals surface area contributed by atoms with Crippen LogP contribution >= 0.6 is 0 Å². The first-order valence-electron chi connectivity index (χ1n) is 8.93. The molecule has 0 saturated carbocycles. The summed E-state index contributed by atoms with van der Waals surface area (Å²) in [5.41, 5.74) is 17.5. The van der Waals surface area contributed by atoms with E-state index >= 15 is 0 Å². The molecule has 4 N–H and O–H groups in total. The Balaban J connectivity index is 2.05. The highest BCUT2D eigenvalue weighted by Gasteiger charge is 2.41. The minimum absolute atomic E-state index is 0.150. The van der Waals surface area contributed by atoms with Crippen LogP contribution in [0.2, 0.25) is 0 Å². The van der Waals surface area contributed by atoms with E-state index in [1.807, 2.05) is 0 Å². The van der Waals surface area contributed by atoms with Crippen molar-refractivity contribution in [2.24, 2.45) is 11.5 Å². The van der Waals surface area contributed by atoms with Crippen LogP contribution < -0.4 is 11.5 Å². The van der Waals surface area contributed by atoms with Gasteiger partial charge < -0.3 is 11.5 Å². The molecule has 0 aromatic heterocycles. The van der Waals surface area contributed by atoms with Crippen molar-refractivity contribution in [1.82, 2.24) is 0 Å². The SMILES string of the molecule is NCCCCC1(CCCCN)c2ccccc2-c2ccccc21. The van der Waals surface area contributed by atoms with E-state index in [0.717, 1.165) is 25.9 Å². The molecule has 2 aromatic rings. The van der Waals surface area contributed by atoms with Crippen LogP contribution in [0.25, 0.3) is 11.1 Å². The number of rotatable bonds is 8. The quantitative estimate of drug-likeness (QED) is 0.718. The Morgan fingerprint density at radius 3 is 1.48 bits per heavy atom. The molecule has 1 aliphatic carbocycles. The summed E-state index contributed by atoms with van der Waals surface area (Å²) in [6.07, 6.45) is 6.93. The third kappa shape index (κ3) is 2.93. The summed E-state index contributed by atoms with van der Waals surface area (Å²) >= 11 is 0. The minimum atomic E-state index is 0.150. The Morgan fingerprint density at radius 1 is 0.609 bits per heavy atom. The van der Waals surface area contributed by atoms with Gasteiger partial charge in [0.15, 0.2) is 0 Å². The van der Waals surface area contributed by atoms with E-state index < -0.39 is 0 Å². The van der Waals surface area contributed by atoms with Gasteiger partial charge in [-0.25, -0.2) is 0 Å². The lowest BCUT2D eigenvalue weighted by molar-refractivity contribution is 0.410. The fourth-order valence-corrected chi connectivity index (χ4v) is 4.22. The highest BCUT2D eigenvalue weighted by atomic mass is 14.5. The van der Waals surface area contributed by atoms with Crippen LogP contribution in [0.3, 0.4) is 0 Å². The lowest BCUT2D eigenvalue weighted by atomic mass is 9.71. The van der Waals surface area contributed by atoms with Gasteiger partial charge in [0.1, 0.15) is 0 Å². The normalized spacial score (nSPS) is 14.5. The molecule has 0 atom stereocenters. The molecule has 0 heterocycles. The van der Waals surface area contributed by atoms with Gasteiger partial charge in [-0.1, -0.05) is 61.4 Å². The first kappa shape index (κ1) is 16.2. The molecule has 0 amide bonds. The molecule has 122 valence electrons. The van der Waals surface area contributed by atoms with Crippen molar-refractivity contribution in [3.8, 4) is 11.1 Å². The zero-order valence-corrected chi connectivity index (χ0v) is 13.9. The summed E-state index contributed by atoms with van der Waals surface area (Å²) in [5, 5.41) is 0. The van der Waals surface area contributed by atoms with Crippen LogP contribution in [0.4, 0.5) is 0 Å². The summed E-state index contributed by atoms with van der Waals surface area (Å²) < 4.78 is 0. The number of nitrogens with two attached hydrogens (primary N) is 2. The van der Waals surface area contributed by atoms with Crippen LogP contribution in [-0.2, 0) is 5.41 Å². The zero-order chi connectivity index (χ0) is 16.1. The van der Waals surface area contributed by atoms with E-state index in [4.69, 9.17) is 11.5 Å². The molecule has 23 heavy (non-hydrogen) atoms. The van der Waals surface area contributed by atoms with Crippen LogP contribution in [0.5, 0.6) is 0 Å². The molecule has 0 bridgehead atoms. The lowest BCUT2D eigenvalue weighted by Crippen LogP contribution is -2.26. The number of hydrogen-bond donors (Lipinski definition) is 2. The van der Waals surface area contributed by atoms with E-state index in [0.29, 0.717) is 0 Å². The average molecular weight is 308 g/mol. The molecule has 2 aromatic carbocycles. The maximum Gasteiger partial charge on any atom is 0.0215 e. The van der Waals surface area contributed by atoms with Crippen molar-refractivity contribution in [3.05, 3.63) is 59.7 Å². The van der Waals surface area contributed by atoms with Gasteiger partial charge in [-0.15, -0.1) is 0 Å². The van der Waals surface area contributed by atoms with Crippen molar-refractivity contribution in [2.75, 3.05) is 13.1 Å². The summed E-state index contributed by atoms with van der Waals surface area (Å²) in [7, 11) is 0. The van der Waals surface area contributed by atoms with Crippen molar-refractivity contribution in [3.63, 3.8) is 0 Å². The molecule has 0 unspecified atom stereocenters. The predicted molar refractivity (Wildman–Crippen MR) is 98.5 cm³/mol. The molecule has 3 rings (SSSR count). The lowest BCUT2D eigenvalue weighted by Gasteiger charge is -2.32. The zero-order valence-electron chi connectivity index (χ0n) is 13.9. The maximum absolute atomic E-state index is 5.75. The molecule has 0 saturated heterocycles. The maximum atomic E-state index is 5.75. The summed E-state index contributed by atoms with van der Waals surface area (Å²) in [5.74, 6) is 0. The second-order valence-electron chi connectivity index (χ2n) is 6.66. The van der Waals surface area contributed by atoms with Gasteiger partial charge in [0, 0.05) is 5.41 Å². The van der Waals surface area contributed by atoms with Gasteiger partial charge in [-0.3, -0.25) is 0 Å².